The van der Waals surface area contributed by atoms with Gasteiger partial charge in [0, 0.05) is 11.6 Å². The van der Waals surface area contributed by atoms with E-state index in [9.17, 15) is 8.78 Å². The quantitative estimate of drug-likeness (QED) is 0.838. The van der Waals surface area contributed by atoms with Crippen molar-refractivity contribution in [3.63, 3.8) is 0 Å². The summed E-state index contributed by atoms with van der Waals surface area (Å²) in [4.78, 5) is 0. The third kappa shape index (κ3) is 1.77. The Labute approximate surface area is 100 Å². The number of halogens is 2. The predicted molar refractivity (Wildman–Crippen MR) is 62.2 cm³/mol. The summed E-state index contributed by atoms with van der Waals surface area (Å²) >= 11 is 0. The van der Waals surface area contributed by atoms with Crippen LogP contribution < -0.4 is 5.73 Å². The lowest BCUT2D eigenvalue weighted by Gasteiger charge is -2.13. The molecule has 2 N–H and O–H groups in total. The summed E-state index contributed by atoms with van der Waals surface area (Å²) in [6.45, 7) is 0. The summed E-state index contributed by atoms with van der Waals surface area (Å²) in [5, 5.41) is 0. The summed E-state index contributed by atoms with van der Waals surface area (Å²) in [7, 11) is 0. The molecule has 1 aromatic rings. The predicted octanol–water partition coefficient (Wildman–Crippen LogP) is 3.40. The molecular formula is C14H17F2N. The van der Waals surface area contributed by atoms with Crippen LogP contribution in [0.25, 0.3) is 0 Å². The van der Waals surface area contributed by atoms with E-state index >= 15 is 0 Å². The molecule has 0 amide bonds. The van der Waals surface area contributed by atoms with Crippen LogP contribution in [0.2, 0.25) is 0 Å². The van der Waals surface area contributed by atoms with Gasteiger partial charge in [-0.1, -0.05) is 18.9 Å². The first kappa shape index (κ1) is 11.1. The van der Waals surface area contributed by atoms with Gasteiger partial charge in [-0.15, -0.1) is 0 Å². The molecule has 3 rings (SSSR count). The average molecular weight is 237 g/mol. The topological polar surface area (TPSA) is 26.0 Å². The van der Waals surface area contributed by atoms with Crippen LogP contribution >= 0.6 is 0 Å². The molecule has 0 bridgehead atoms. The molecule has 2 aliphatic carbocycles. The van der Waals surface area contributed by atoms with Crippen LogP contribution in [0.15, 0.2) is 18.2 Å². The highest BCUT2D eigenvalue weighted by Gasteiger charge is 2.54. The minimum absolute atomic E-state index is 0.0897. The van der Waals surface area contributed by atoms with Crippen molar-refractivity contribution in [3.05, 3.63) is 35.4 Å². The third-order valence-electron chi connectivity index (χ3n) is 4.47. The van der Waals surface area contributed by atoms with E-state index < -0.39 is 17.7 Å². The van der Waals surface area contributed by atoms with Crippen LogP contribution in [0.5, 0.6) is 0 Å². The first-order valence-electron chi connectivity index (χ1n) is 6.39. The molecule has 3 atom stereocenters. The molecule has 0 saturated heterocycles. The van der Waals surface area contributed by atoms with E-state index in [1.165, 1.54) is 43.9 Å². The Morgan fingerprint density at radius 1 is 1.06 bits per heavy atom. The van der Waals surface area contributed by atoms with Crippen molar-refractivity contribution in [1.29, 1.82) is 0 Å². The highest BCUT2D eigenvalue weighted by molar-refractivity contribution is 5.26. The van der Waals surface area contributed by atoms with Gasteiger partial charge in [0.05, 0.1) is 0 Å². The average Bonchev–Trinajstić information content (AvgIpc) is 3.02. The van der Waals surface area contributed by atoms with Crippen LogP contribution in [0.3, 0.4) is 0 Å². The summed E-state index contributed by atoms with van der Waals surface area (Å²) in [5.41, 5.74) is 6.17. The standard InChI is InChI=1S/C14H17F2N/c15-10-6-3-7-11(16)13(10)14(17)12-8-4-1-2-5-9(8)12/h3,6-9,12,14H,1-2,4-5,17H2. The number of rotatable bonds is 2. The van der Waals surface area contributed by atoms with Crippen LogP contribution in [-0.4, -0.2) is 0 Å². The SMILES string of the molecule is NC(c1c(F)cccc1F)C1C2CCCCC21. The molecule has 17 heavy (non-hydrogen) atoms. The molecule has 3 heteroatoms. The normalized spacial score (nSPS) is 33.0. The Morgan fingerprint density at radius 3 is 2.12 bits per heavy atom. The van der Waals surface area contributed by atoms with Crippen molar-refractivity contribution in [2.24, 2.45) is 23.5 Å². The number of hydrogen-bond donors (Lipinski definition) is 1. The first-order chi connectivity index (χ1) is 8.20. The number of nitrogens with two attached hydrogens (primary N) is 1. The van der Waals surface area contributed by atoms with Crippen molar-refractivity contribution in [3.8, 4) is 0 Å². The highest BCUT2D eigenvalue weighted by atomic mass is 19.1. The molecule has 2 aliphatic rings. The largest absolute Gasteiger partial charge is 0.324 e. The number of hydrogen-bond acceptors (Lipinski definition) is 1. The van der Waals surface area contributed by atoms with E-state index in [0.29, 0.717) is 17.8 Å². The molecule has 2 fully saturated rings. The van der Waals surface area contributed by atoms with Gasteiger partial charge in [0.2, 0.25) is 0 Å². The lowest BCUT2D eigenvalue weighted by molar-refractivity contribution is 0.480. The zero-order valence-corrected chi connectivity index (χ0v) is 9.70. The Bertz CT molecular complexity index is 400. The van der Waals surface area contributed by atoms with Gasteiger partial charge in [0.15, 0.2) is 0 Å². The summed E-state index contributed by atoms with van der Waals surface area (Å²) in [6, 6.07) is 3.51. The van der Waals surface area contributed by atoms with E-state index in [1.807, 2.05) is 0 Å². The molecule has 0 aromatic heterocycles. The molecular weight excluding hydrogens is 220 g/mol. The summed E-state index contributed by atoms with van der Waals surface area (Å²) in [6.07, 6.45) is 4.84. The van der Waals surface area contributed by atoms with Gasteiger partial charge in [-0.3, -0.25) is 0 Å². The van der Waals surface area contributed by atoms with Crippen molar-refractivity contribution >= 4 is 0 Å². The van der Waals surface area contributed by atoms with E-state index in [4.69, 9.17) is 5.73 Å². The second-order valence-electron chi connectivity index (χ2n) is 5.35. The smallest absolute Gasteiger partial charge is 0.130 e. The summed E-state index contributed by atoms with van der Waals surface area (Å²) < 4.78 is 27.3. The van der Waals surface area contributed by atoms with Gasteiger partial charge in [-0.05, 0) is 42.7 Å². The fourth-order valence-corrected chi connectivity index (χ4v) is 3.60. The zero-order valence-electron chi connectivity index (χ0n) is 9.70. The Hall–Kier alpha value is -0.960. The number of fused-ring (bicyclic) bond motifs is 1. The summed E-state index contributed by atoms with van der Waals surface area (Å²) in [5.74, 6) is 0.515. The minimum atomic E-state index is -0.499. The molecule has 2 saturated carbocycles. The Kier molecular flexibility index (Phi) is 2.66. The number of benzene rings is 1. The van der Waals surface area contributed by atoms with Gasteiger partial charge in [0.25, 0.3) is 0 Å². The monoisotopic (exact) mass is 237 g/mol. The van der Waals surface area contributed by atoms with Gasteiger partial charge in [0.1, 0.15) is 11.6 Å². The minimum Gasteiger partial charge on any atom is -0.324 e. The highest BCUT2D eigenvalue weighted by Crippen LogP contribution is 2.60. The maximum Gasteiger partial charge on any atom is 0.130 e. The van der Waals surface area contributed by atoms with E-state index in [-0.39, 0.29) is 5.56 Å². The van der Waals surface area contributed by atoms with Crippen molar-refractivity contribution in [2.45, 2.75) is 31.7 Å². The van der Waals surface area contributed by atoms with Crippen LogP contribution in [0, 0.1) is 29.4 Å². The Balaban J connectivity index is 1.85. The molecule has 1 aromatic carbocycles. The maximum atomic E-state index is 13.6. The first-order valence-corrected chi connectivity index (χ1v) is 6.39. The molecule has 1 nitrogen and oxygen atoms in total. The molecule has 0 spiro atoms. The lowest BCUT2D eigenvalue weighted by Crippen LogP contribution is -2.17. The maximum absolute atomic E-state index is 13.6. The van der Waals surface area contributed by atoms with Crippen LogP contribution in [-0.2, 0) is 0 Å². The second kappa shape index (κ2) is 4.05. The zero-order chi connectivity index (χ0) is 12.0. The lowest BCUT2D eigenvalue weighted by atomic mass is 9.99. The third-order valence-corrected chi connectivity index (χ3v) is 4.47. The fraction of sp³-hybridized carbons (Fsp3) is 0.571. The molecule has 0 heterocycles. The fourth-order valence-electron chi connectivity index (χ4n) is 3.60. The van der Waals surface area contributed by atoms with Gasteiger partial charge < -0.3 is 5.73 Å². The van der Waals surface area contributed by atoms with E-state index in [0.717, 1.165) is 0 Å². The van der Waals surface area contributed by atoms with Crippen LogP contribution in [0.4, 0.5) is 8.78 Å². The van der Waals surface area contributed by atoms with Crippen molar-refractivity contribution in [1.82, 2.24) is 0 Å². The van der Waals surface area contributed by atoms with Gasteiger partial charge in [-0.25, -0.2) is 8.78 Å². The van der Waals surface area contributed by atoms with Gasteiger partial charge >= 0.3 is 0 Å². The van der Waals surface area contributed by atoms with Crippen molar-refractivity contribution in [2.75, 3.05) is 0 Å². The molecule has 3 unspecified atom stereocenters. The second-order valence-corrected chi connectivity index (χ2v) is 5.35. The van der Waals surface area contributed by atoms with Crippen molar-refractivity contribution < 1.29 is 8.78 Å². The van der Waals surface area contributed by atoms with Crippen LogP contribution in [0.1, 0.15) is 37.3 Å². The van der Waals surface area contributed by atoms with E-state index in [2.05, 4.69) is 0 Å². The molecule has 0 aliphatic heterocycles. The molecule has 0 radical (unpaired) electrons. The van der Waals surface area contributed by atoms with E-state index in [1.54, 1.807) is 0 Å². The van der Waals surface area contributed by atoms with Gasteiger partial charge in [-0.2, -0.15) is 0 Å². The molecule has 92 valence electrons. The Morgan fingerprint density at radius 2 is 1.59 bits per heavy atom.